The summed E-state index contributed by atoms with van der Waals surface area (Å²) in [5.41, 5.74) is -0.409. The number of ether oxygens (including phenoxy) is 1. The zero-order valence-corrected chi connectivity index (χ0v) is 9.31. The molecule has 0 unspecified atom stereocenters. The van der Waals surface area contributed by atoms with Gasteiger partial charge in [-0.3, -0.25) is 10.1 Å². The first-order chi connectivity index (χ1) is 8.02. The molecular weight excluding hydrogens is 229 g/mol. The van der Waals surface area contributed by atoms with E-state index in [4.69, 9.17) is 4.74 Å². The number of nitro groups is 1. The monoisotopic (exact) mass is 241 g/mol. The summed E-state index contributed by atoms with van der Waals surface area (Å²) in [4.78, 5) is 20.6. The van der Waals surface area contributed by atoms with Crippen LogP contribution in [0.5, 0.6) is 5.75 Å². The van der Waals surface area contributed by atoms with Crippen molar-refractivity contribution in [2.75, 3.05) is 6.61 Å². The molecule has 5 nitrogen and oxygen atoms in total. The Labute approximate surface area is 97.3 Å². The minimum absolute atomic E-state index is 0.00312. The van der Waals surface area contributed by atoms with E-state index in [2.05, 4.69) is 0 Å². The quantitative estimate of drug-likeness (QED) is 0.436. The lowest BCUT2D eigenvalue weighted by Gasteiger charge is -2.06. The average Bonchev–Trinajstić information content (AvgIpc) is 2.25. The second-order valence-corrected chi connectivity index (χ2v) is 3.50. The van der Waals surface area contributed by atoms with Crippen LogP contribution in [-0.4, -0.2) is 17.3 Å². The smallest absolute Gasteiger partial charge is 0.314 e. The first kappa shape index (κ1) is 13.1. The van der Waals surface area contributed by atoms with Crippen molar-refractivity contribution in [2.45, 2.75) is 19.8 Å². The van der Waals surface area contributed by atoms with Gasteiger partial charge in [-0.15, -0.1) is 0 Å². The van der Waals surface area contributed by atoms with E-state index in [1.54, 1.807) is 0 Å². The molecule has 0 saturated heterocycles. The molecule has 0 bridgehead atoms. The van der Waals surface area contributed by atoms with Crippen molar-refractivity contribution >= 4 is 11.5 Å². The van der Waals surface area contributed by atoms with Gasteiger partial charge in [-0.05, 0) is 19.4 Å². The second kappa shape index (κ2) is 5.93. The molecule has 1 aromatic carbocycles. The summed E-state index contributed by atoms with van der Waals surface area (Å²) < 4.78 is 18.3. The van der Waals surface area contributed by atoms with Crippen molar-refractivity contribution in [1.29, 1.82) is 0 Å². The van der Waals surface area contributed by atoms with Gasteiger partial charge in [-0.2, -0.15) is 0 Å². The van der Waals surface area contributed by atoms with Crippen LogP contribution in [0.2, 0.25) is 0 Å². The lowest BCUT2D eigenvalue weighted by Crippen LogP contribution is -2.04. The van der Waals surface area contributed by atoms with Gasteiger partial charge in [-0.25, -0.2) is 4.39 Å². The molecular formula is C11H12FNO4. The van der Waals surface area contributed by atoms with Gasteiger partial charge >= 0.3 is 5.69 Å². The molecule has 0 radical (unpaired) electrons. The minimum Gasteiger partial charge on any atom is -0.485 e. The predicted octanol–water partition coefficient (Wildman–Crippen LogP) is 2.48. The number of rotatable bonds is 6. The molecule has 6 heteroatoms. The van der Waals surface area contributed by atoms with Gasteiger partial charge in [0.2, 0.25) is 5.75 Å². The molecule has 0 N–H and O–H groups in total. The Kier molecular flexibility index (Phi) is 4.56. The average molecular weight is 241 g/mol. The van der Waals surface area contributed by atoms with E-state index in [0.29, 0.717) is 12.8 Å². The fourth-order valence-electron chi connectivity index (χ4n) is 1.28. The summed E-state index contributed by atoms with van der Waals surface area (Å²) in [6.07, 6.45) is 0.711. The molecule has 1 rings (SSSR count). The Hall–Kier alpha value is -1.98. The summed E-state index contributed by atoms with van der Waals surface area (Å²) in [5, 5.41) is 10.6. The number of nitrogens with zero attached hydrogens (tertiary/aromatic N) is 1. The molecule has 0 saturated carbocycles. The summed E-state index contributed by atoms with van der Waals surface area (Å²) in [6.45, 7) is 1.51. The van der Waals surface area contributed by atoms with Crippen LogP contribution in [0.1, 0.15) is 19.8 Å². The lowest BCUT2D eigenvalue weighted by atomic mass is 10.2. The number of nitro benzene ring substituents is 1. The second-order valence-electron chi connectivity index (χ2n) is 3.50. The van der Waals surface area contributed by atoms with Gasteiger partial charge in [0.1, 0.15) is 5.78 Å². The molecule has 0 aliphatic heterocycles. The Bertz CT molecular complexity index is 433. The summed E-state index contributed by atoms with van der Waals surface area (Å²) >= 11 is 0. The third-order valence-electron chi connectivity index (χ3n) is 2.06. The van der Waals surface area contributed by atoms with Gasteiger partial charge < -0.3 is 9.53 Å². The highest BCUT2D eigenvalue weighted by molar-refractivity contribution is 5.75. The van der Waals surface area contributed by atoms with E-state index in [1.807, 2.05) is 0 Å². The van der Waals surface area contributed by atoms with E-state index in [9.17, 15) is 19.3 Å². The van der Waals surface area contributed by atoms with Crippen LogP contribution in [0, 0.1) is 15.9 Å². The van der Waals surface area contributed by atoms with Gasteiger partial charge in [0.15, 0.2) is 5.82 Å². The highest BCUT2D eigenvalue weighted by Crippen LogP contribution is 2.29. The number of Topliss-reactive ketones (excluding diaryl/α,β-unsaturated/α-hetero) is 1. The molecule has 17 heavy (non-hydrogen) atoms. The molecule has 0 aromatic heterocycles. The Morgan fingerprint density at radius 1 is 1.53 bits per heavy atom. The molecule has 0 amide bonds. The van der Waals surface area contributed by atoms with E-state index in [0.717, 1.165) is 6.07 Å². The van der Waals surface area contributed by atoms with Crippen LogP contribution in [0.3, 0.4) is 0 Å². The number of para-hydroxylation sites is 1. The number of ketones is 1. The maximum atomic E-state index is 13.3. The largest absolute Gasteiger partial charge is 0.485 e. The SMILES string of the molecule is CC(=O)CCCOc1c(F)cccc1[N+](=O)[O-]. The molecule has 0 fully saturated rings. The molecule has 0 spiro atoms. The van der Waals surface area contributed by atoms with Crippen LogP contribution in [-0.2, 0) is 4.79 Å². The number of hydrogen-bond acceptors (Lipinski definition) is 4. The fourth-order valence-corrected chi connectivity index (χ4v) is 1.28. The summed E-state index contributed by atoms with van der Waals surface area (Å²) in [7, 11) is 0. The minimum atomic E-state index is -0.776. The molecule has 0 aliphatic rings. The molecule has 1 aromatic rings. The van der Waals surface area contributed by atoms with Crippen LogP contribution in [0.4, 0.5) is 10.1 Å². The van der Waals surface area contributed by atoms with Crippen LogP contribution in [0.25, 0.3) is 0 Å². The topological polar surface area (TPSA) is 69.4 Å². The Morgan fingerprint density at radius 2 is 2.24 bits per heavy atom. The zero-order valence-electron chi connectivity index (χ0n) is 9.31. The highest BCUT2D eigenvalue weighted by Gasteiger charge is 2.18. The number of hydrogen-bond donors (Lipinski definition) is 0. The standard InChI is InChI=1S/C11H12FNO4/c1-8(14)4-3-7-17-11-9(12)5-2-6-10(11)13(15)16/h2,5-6H,3-4,7H2,1H3. The van der Waals surface area contributed by atoms with Gasteiger partial charge in [0.25, 0.3) is 0 Å². The fraction of sp³-hybridized carbons (Fsp3) is 0.364. The highest BCUT2D eigenvalue weighted by atomic mass is 19.1. The molecule has 0 aliphatic carbocycles. The number of carbonyl (C=O) groups is 1. The maximum Gasteiger partial charge on any atom is 0.314 e. The number of carbonyl (C=O) groups excluding carboxylic acids is 1. The first-order valence-corrected chi connectivity index (χ1v) is 5.07. The number of halogens is 1. The number of benzene rings is 1. The Morgan fingerprint density at radius 3 is 2.82 bits per heavy atom. The van der Waals surface area contributed by atoms with Crippen molar-refractivity contribution in [3.63, 3.8) is 0 Å². The van der Waals surface area contributed by atoms with E-state index >= 15 is 0 Å². The Balaban J connectivity index is 2.69. The first-order valence-electron chi connectivity index (χ1n) is 5.07. The van der Waals surface area contributed by atoms with E-state index in [-0.39, 0.29) is 18.1 Å². The summed E-state index contributed by atoms with van der Waals surface area (Å²) in [5.74, 6) is -1.15. The van der Waals surface area contributed by atoms with Crippen LogP contribution in [0.15, 0.2) is 18.2 Å². The van der Waals surface area contributed by atoms with Gasteiger partial charge in [-0.1, -0.05) is 6.07 Å². The zero-order chi connectivity index (χ0) is 12.8. The predicted molar refractivity (Wildman–Crippen MR) is 58.5 cm³/mol. The third-order valence-corrected chi connectivity index (χ3v) is 2.06. The van der Waals surface area contributed by atoms with E-state index < -0.39 is 16.4 Å². The molecule has 0 atom stereocenters. The summed E-state index contributed by atoms with van der Waals surface area (Å²) in [6, 6.07) is 3.51. The lowest BCUT2D eigenvalue weighted by molar-refractivity contribution is -0.386. The van der Waals surface area contributed by atoms with Crippen LogP contribution < -0.4 is 4.74 Å². The van der Waals surface area contributed by atoms with Crippen molar-refractivity contribution in [3.8, 4) is 5.75 Å². The van der Waals surface area contributed by atoms with E-state index in [1.165, 1.54) is 19.1 Å². The maximum absolute atomic E-state index is 13.3. The van der Waals surface area contributed by atoms with Crippen molar-refractivity contribution in [2.24, 2.45) is 0 Å². The van der Waals surface area contributed by atoms with Crippen molar-refractivity contribution in [1.82, 2.24) is 0 Å². The molecule has 92 valence electrons. The third kappa shape index (κ3) is 3.82. The van der Waals surface area contributed by atoms with Crippen molar-refractivity contribution in [3.05, 3.63) is 34.1 Å². The normalized spacial score (nSPS) is 10.0. The van der Waals surface area contributed by atoms with Gasteiger partial charge in [0, 0.05) is 12.5 Å². The van der Waals surface area contributed by atoms with Crippen LogP contribution >= 0.6 is 0 Å². The van der Waals surface area contributed by atoms with Gasteiger partial charge in [0.05, 0.1) is 11.5 Å². The van der Waals surface area contributed by atoms with Crippen molar-refractivity contribution < 1.29 is 18.8 Å². The molecule has 0 heterocycles.